The van der Waals surface area contributed by atoms with Crippen molar-refractivity contribution in [3.8, 4) is 0 Å². The number of hydrazine groups is 1. The van der Waals surface area contributed by atoms with Gasteiger partial charge in [0.2, 0.25) is 10.0 Å². The summed E-state index contributed by atoms with van der Waals surface area (Å²) in [5.41, 5.74) is 2.28. The van der Waals surface area contributed by atoms with E-state index in [4.69, 9.17) is 22.2 Å². The normalized spacial score (nSPS) is 22.4. The number of halogens is 1. The van der Waals surface area contributed by atoms with Crippen molar-refractivity contribution in [2.45, 2.75) is 36.8 Å². The third-order valence-electron chi connectivity index (χ3n) is 3.08. The molecule has 0 spiro atoms. The van der Waals surface area contributed by atoms with E-state index < -0.39 is 10.0 Å². The first-order valence-electron chi connectivity index (χ1n) is 6.22. The van der Waals surface area contributed by atoms with Gasteiger partial charge in [-0.15, -0.1) is 0 Å². The summed E-state index contributed by atoms with van der Waals surface area (Å²) in [6.45, 7) is 2.55. The van der Waals surface area contributed by atoms with Gasteiger partial charge in [-0.3, -0.25) is 0 Å². The van der Waals surface area contributed by atoms with E-state index in [-0.39, 0.29) is 27.9 Å². The number of nitrogen functional groups attached to an aromatic ring is 1. The first kappa shape index (κ1) is 15.5. The van der Waals surface area contributed by atoms with Crippen LogP contribution in [0.4, 0.5) is 5.82 Å². The van der Waals surface area contributed by atoms with Crippen LogP contribution in [0.1, 0.15) is 19.8 Å². The average Bonchev–Trinajstić information content (AvgIpc) is 2.36. The molecule has 1 aliphatic carbocycles. The number of rotatable bonds is 6. The van der Waals surface area contributed by atoms with Crippen molar-refractivity contribution >= 4 is 27.4 Å². The number of ether oxygens (including phenoxy) is 1. The molecule has 4 N–H and O–H groups in total. The molecule has 1 heterocycles. The second kappa shape index (κ2) is 6.23. The number of hydrogen-bond acceptors (Lipinski definition) is 6. The number of nitrogens with one attached hydrogen (secondary N) is 2. The van der Waals surface area contributed by atoms with Crippen LogP contribution in [0.25, 0.3) is 0 Å². The monoisotopic (exact) mass is 320 g/mol. The average molecular weight is 321 g/mol. The molecule has 1 saturated carbocycles. The molecule has 0 bridgehead atoms. The fourth-order valence-corrected chi connectivity index (χ4v) is 3.51. The Kier molecular flexibility index (Phi) is 4.82. The highest BCUT2D eigenvalue weighted by molar-refractivity contribution is 7.89. The Bertz CT molecular complexity index is 575. The summed E-state index contributed by atoms with van der Waals surface area (Å²) < 4.78 is 32.3. The molecular formula is C11H17ClN4O3S. The van der Waals surface area contributed by atoms with Crippen molar-refractivity contribution in [2.75, 3.05) is 12.0 Å². The van der Waals surface area contributed by atoms with Gasteiger partial charge in [0, 0.05) is 18.8 Å². The quantitative estimate of drug-likeness (QED) is 0.530. The van der Waals surface area contributed by atoms with Crippen LogP contribution in [0, 0.1) is 0 Å². The SMILES string of the molecule is CCOC1CC(NS(=O)(=O)c2cnc(NN)c(Cl)c2)C1. The number of sulfonamides is 1. The van der Waals surface area contributed by atoms with Crippen molar-refractivity contribution in [3.05, 3.63) is 17.3 Å². The zero-order valence-electron chi connectivity index (χ0n) is 11.0. The van der Waals surface area contributed by atoms with Crippen LogP contribution in [0.15, 0.2) is 17.2 Å². The molecule has 0 atom stereocenters. The zero-order valence-corrected chi connectivity index (χ0v) is 12.5. The maximum absolute atomic E-state index is 12.1. The van der Waals surface area contributed by atoms with Gasteiger partial charge in [-0.2, -0.15) is 0 Å². The lowest BCUT2D eigenvalue weighted by atomic mass is 9.90. The Morgan fingerprint density at radius 3 is 2.80 bits per heavy atom. The predicted octanol–water partition coefficient (Wildman–Crippen LogP) is 0.866. The molecule has 1 aliphatic rings. The number of aromatic nitrogens is 1. The molecule has 1 aromatic heterocycles. The third kappa shape index (κ3) is 3.39. The highest BCUT2D eigenvalue weighted by atomic mass is 35.5. The second-order valence-corrected chi connectivity index (χ2v) is 6.63. The lowest BCUT2D eigenvalue weighted by Gasteiger charge is -2.35. The minimum atomic E-state index is -3.63. The largest absolute Gasteiger partial charge is 0.378 e. The van der Waals surface area contributed by atoms with Gasteiger partial charge in [-0.05, 0) is 25.8 Å². The molecule has 0 radical (unpaired) electrons. The lowest BCUT2D eigenvalue weighted by Crippen LogP contribution is -2.47. The Balaban J connectivity index is 2.02. The molecule has 2 rings (SSSR count). The van der Waals surface area contributed by atoms with Gasteiger partial charge in [0.1, 0.15) is 4.90 Å². The molecule has 0 aromatic carbocycles. The number of hydrogen-bond donors (Lipinski definition) is 3. The smallest absolute Gasteiger partial charge is 0.242 e. The fraction of sp³-hybridized carbons (Fsp3) is 0.545. The topological polar surface area (TPSA) is 106 Å². The van der Waals surface area contributed by atoms with Gasteiger partial charge >= 0.3 is 0 Å². The Hall–Kier alpha value is -0.930. The first-order chi connectivity index (χ1) is 9.46. The Morgan fingerprint density at radius 2 is 2.25 bits per heavy atom. The van der Waals surface area contributed by atoms with Gasteiger partial charge in [0.25, 0.3) is 0 Å². The van der Waals surface area contributed by atoms with Crippen LogP contribution in [0.5, 0.6) is 0 Å². The predicted molar refractivity (Wildman–Crippen MR) is 75.8 cm³/mol. The van der Waals surface area contributed by atoms with Gasteiger partial charge in [0.15, 0.2) is 5.82 Å². The van der Waals surface area contributed by atoms with E-state index in [2.05, 4.69) is 15.1 Å². The maximum atomic E-state index is 12.1. The molecule has 0 saturated heterocycles. The molecule has 0 aliphatic heterocycles. The van der Waals surface area contributed by atoms with Crippen LogP contribution < -0.4 is 16.0 Å². The highest BCUT2D eigenvalue weighted by Gasteiger charge is 2.33. The highest BCUT2D eigenvalue weighted by Crippen LogP contribution is 2.26. The van der Waals surface area contributed by atoms with Crippen LogP contribution in [-0.2, 0) is 14.8 Å². The van der Waals surface area contributed by atoms with Crippen molar-refractivity contribution in [2.24, 2.45) is 5.84 Å². The van der Waals surface area contributed by atoms with Gasteiger partial charge < -0.3 is 10.2 Å². The van der Waals surface area contributed by atoms with E-state index in [0.29, 0.717) is 19.4 Å². The summed E-state index contributed by atoms with van der Waals surface area (Å²) in [7, 11) is -3.63. The van der Waals surface area contributed by atoms with Crippen molar-refractivity contribution in [1.29, 1.82) is 0 Å². The number of nitrogens with zero attached hydrogens (tertiary/aromatic N) is 1. The molecule has 1 aromatic rings. The van der Waals surface area contributed by atoms with E-state index >= 15 is 0 Å². The lowest BCUT2D eigenvalue weighted by molar-refractivity contribution is -0.00475. The molecule has 112 valence electrons. The molecule has 0 unspecified atom stereocenters. The summed E-state index contributed by atoms with van der Waals surface area (Å²) in [6.07, 6.45) is 2.70. The van der Waals surface area contributed by atoms with E-state index in [1.165, 1.54) is 12.3 Å². The number of anilines is 1. The van der Waals surface area contributed by atoms with Gasteiger partial charge in [-0.25, -0.2) is 24.0 Å². The van der Waals surface area contributed by atoms with E-state index in [1.54, 1.807) is 0 Å². The maximum Gasteiger partial charge on any atom is 0.242 e. The van der Waals surface area contributed by atoms with Gasteiger partial charge in [0.05, 0.1) is 11.1 Å². The second-order valence-electron chi connectivity index (χ2n) is 4.51. The Morgan fingerprint density at radius 1 is 1.55 bits per heavy atom. The number of nitrogens with two attached hydrogens (primary N) is 1. The fourth-order valence-electron chi connectivity index (χ4n) is 1.99. The third-order valence-corrected chi connectivity index (χ3v) is 4.86. The summed E-state index contributed by atoms with van der Waals surface area (Å²) >= 11 is 5.87. The Labute approximate surface area is 122 Å². The van der Waals surface area contributed by atoms with Crippen LogP contribution in [-0.4, -0.2) is 32.2 Å². The minimum Gasteiger partial charge on any atom is -0.378 e. The molecule has 20 heavy (non-hydrogen) atoms. The van der Waals surface area contributed by atoms with E-state index in [1.807, 2.05) is 6.92 Å². The molecule has 7 nitrogen and oxygen atoms in total. The standard InChI is InChI=1S/C11H17ClN4O3S/c1-2-19-8-3-7(4-8)16-20(17,18)9-5-10(12)11(15-13)14-6-9/h5-8,16H,2-4,13H2,1H3,(H,14,15). The van der Waals surface area contributed by atoms with E-state index in [9.17, 15) is 8.42 Å². The molecule has 1 fully saturated rings. The van der Waals surface area contributed by atoms with Crippen molar-refractivity contribution in [1.82, 2.24) is 9.71 Å². The van der Waals surface area contributed by atoms with E-state index in [0.717, 1.165) is 0 Å². The summed E-state index contributed by atoms with van der Waals surface area (Å²) in [6, 6.07) is 1.20. The van der Waals surface area contributed by atoms with Crippen LogP contribution in [0.3, 0.4) is 0 Å². The molecular weight excluding hydrogens is 304 g/mol. The molecule has 9 heteroatoms. The zero-order chi connectivity index (χ0) is 14.8. The first-order valence-corrected chi connectivity index (χ1v) is 8.08. The summed E-state index contributed by atoms with van der Waals surface area (Å²) in [5, 5.41) is 0.149. The number of pyridine rings is 1. The van der Waals surface area contributed by atoms with Crippen LogP contribution >= 0.6 is 11.6 Å². The van der Waals surface area contributed by atoms with Crippen molar-refractivity contribution < 1.29 is 13.2 Å². The van der Waals surface area contributed by atoms with Gasteiger partial charge in [-0.1, -0.05) is 11.6 Å². The van der Waals surface area contributed by atoms with Crippen molar-refractivity contribution in [3.63, 3.8) is 0 Å². The summed E-state index contributed by atoms with van der Waals surface area (Å²) in [4.78, 5) is 3.86. The molecule has 0 amide bonds. The summed E-state index contributed by atoms with van der Waals surface area (Å²) in [5.74, 6) is 5.42. The van der Waals surface area contributed by atoms with Crippen LogP contribution in [0.2, 0.25) is 5.02 Å². The minimum absolute atomic E-state index is 0.0151.